The van der Waals surface area contributed by atoms with Crippen LogP contribution in [0.25, 0.3) is 0 Å². The Balaban J connectivity index is 2.81. The van der Waals surface area contributed by atoms with Gasteiger partial charge in [0, 0.05) is 0 Å². The van der Waals surface area contributed by atoms with Crippen molar-refractivity contribution in [1.29, 1.82) is 0 Å². The fourth-order valence-electron chi connectivity index (χ4n) is 0.754. The van der Waals surface area contributed by atoms with Crippen LogP contribution in [0.3, 0.4) is 0 Å². The maximum absolute atomic E-state index is 10.3. The van der Waals surface area contributed by atoms with Gasteiger partial charge in [-0.05, 0) is 12.5 Å². The number of aliphatic carboxylic acids is 1. The van der Waals surface area contributed by atoms with E-state index in [9.17, 15) is 4.79 Å². The number of nitrogens with one attached hydrogen (secondary N) is 1. The van der Waals surface area contributed by atoms with E-state index in [0.29, 0.717) is 16.3 Å². The van der Waals surface area contributed by atoms with E-state index in [1.807, 2.05) is 12.5 Å². The summed E-state index contributed by atoms with van der Waals surface area (Å²) in [5.74, 6) is -0.659. The van der Waals surface area contributed by atoms with Crippen molar-refractivity contribution in [3.8, 4) is 0 Å². The van der Waals surface area contributed by atoms with Crippen LogP contribution in [0.1, 0.15) is 0 Å². The molecular weight excluding hydrogens is 236 g/mol. The molecule has 0 aliphatic heterocycles. The molecular formula is C7H10N4O2S2. The molecule has 0 radical (unpaired) electrons. The molecule has 0 unspecified atom stereocenters. The SMILES string of the molecule is CSc1nc(NCC(=O)O)nc(SC)n1. The zero-order valence-corrected chi connectivity index (χ0v) is 9.85. The zero-order valence-electron chi connectivity index (χ0n) is 8.22. The van der Waals surface area contributed by atoms with Crippen LogP contribution in [-0.4, -0.2) is 45.1 Å². The number of hydrogen-bond donors (Lipinski definition) is 2. The highest BCUT2D eigenvalue weighted by molar-refractivity contribution is 7.99. The van der Waals surface area contributed by atoms with E-state index >= 15 is 0 Å². The van der Waals surface area contributed by atoms with E-state index in [1.165, 1.54) is 23.5 Å². The summed E-state index contributed by atoms with van der Waals surface area (Å²) >= 11 is 2.77. The molecule has 2 N–H and O–H groups in total. The summed E-state index contributed by atoms with van der Waals surface area (Å²) in [5.41, 5.74) is 0. The Labute approximate surface area is 95.3 Å². The summed E-state index contributed by atoms with van der Waals surface area (Å²) in [5, 5.41) is 12.2. The number of carboxylic acids is 1. The highest BCUT2D eigenvalue weighted by atomic mass is 32.2. The van der Waals surface area contributed by atoms with Crippen molar-refractivity contribution in [2.75, 3.05) is 24.4 Å². The Morgan fingerprint density at radius 3 is 2.20 bits per heavy atom. The number of thioether (sulfide) groups is 2. The second-order valence-corrected chi connectivity index (χ2v) is 3.93. The zero-order chi connectivity index (χ0) is 11.3. The predicted molar refractivity (Wildman–Crippen MR) is 59.5 cm³/mol. The van der Waals surface area contributed by atoms with Gasteiger partial charge in [-0.15, -0.1) is 0 Å². The highest BCUT2D eigenvalue weighted by Crippen LogP contribution is 2.15. The molecule has 0 aliphatic rings. The van der Waals surface area contributed by atoms with Crippen LogP contribution in [-0.2, 0) is 4.79 Å². The molecule has 0 saturated heterocycles. The summed E-state index contributed by atoms with van der Waals surface area (Å²) < 4.78 is 0. The molecule has 0 amide bonds. The van der Waals surface area contributed by atoms with Gasteiger partial charge in [-0.2, -0.15) is 15.0 Å². The molecule has 0 atom stereocenters. The molecule has 8 heteroatoms. The van der Waals surface area contributed by atoms with Crippen LogP contribution < -0.4 is 5.32 Å². The lowest BCUT2D eigenvalue weighted by Gasteiger charge is -2.04. The topological polar surface area (TPSA) is 88.0 Å². The second-order valence-electron chi connectivity index (χ2n) is 2.38. The van der Waals surface area contributed by atoms with E-state index < -0.39 is 5.97 Å². The first kappa shape index (κ1) is 12.1. The minimum Gasteiger partial charge on any atom is -0.480 e. The lowest BCUT2D eigenvalue weighted by atomic mass is 10.6. The Morgan fingerprint density at radius 1 is 1.27 bits per heavy atom. The molecule has 15 heavy (non-hydrogen) atoms. The maximum Gasteiger partial charge on any atom is 0.322 e. The number of anilines is 1. The lowest BCUT2D eigenvalue weighted by Crippen LogP contribution is -2.15. The largest absolute Gasteiger partial charge is 0.480 e. The average Bonchev–Trinajstić information content (AvgIpc) is 2.25. The molecule has 0 saturated carbocycles. The molecule has 0 spiro atoms. The molecule has 0 aliphatic carbocycles. The number of aromatic nitrogens is 3. The third-order valence-corrected chi connectivity index (χ3v) is 2.45. The first-order valence-corrected chi connectivity index (χ1v) is 6.40. The minimum absolute atomic E-state index is 0.203. The second kappa shape index (κ2) is 5.76. The van der Waals surface area contributed by atoms with Crippen LogP contribution in [0.2, 0.25) is 0 Å². The molecule has 1 aromatic rings. The highest BCUT2D eigenvalue weighted by Gasteiger charge is 2.05. The molecule has 1 rings (SSSR count). The van der Waals surface area contributed by atoms with Gasteiger partial charge in [0.2, 0.25) is 5.95 Å². The number of carbonyl (C=O) groups is 1. The van der Waals surface area contributed by atoms with Crippen molar-refractivity contribution in [2.45, 2.75) is 10.3 Å². The van der Waals surface area contributed by atoms with E-state index in [0.717, 1.165) is 0 Å². The Kier molecular flexibility index (Phi) is 4.63. The molecule has 1 heterocycles. The number of rotatable bonds is 5. The third-order valence-electron chi connectivity index (χ3n) is 1.36. The molecule has 1 aromatic heterocycles. The first-order valence-electron chi connectivity index (χ1n) is 3.95. The molecule has 0 bridgehead atoms. The van der Waals surface area contributed by atoms with Gasteiger partial charge in [0.1, 0.15) is 6.54 Å². The molecule has 82 valence electrons. The maximum atomic E-state index is 10.3. The Hall–Kier alpha value is -1.02. The van der Waals surface area contributed by atoms with Gasteiger partial charge in [0.05, 0.1) is 0 Å². The summed E-state index contributed by atoms with van der Waals surface area (Å²) in [6, 6.07) is 0. The van der Waals surface area contributed by atoms with Crippen LogP contribution in [0.5, 0.6) is 0 Å². The summed E-state index contributed by atoms with van der Waals surface area (Å²) in [6.07, 6.45) is 3.70. The Bertz CT molecular complexity index is 339. The van der Waals surface area contributed by atoms with Crippen LogP contribution in [0.4, 0.5) is 5.95 Å². The van der Waals surface area contributed by atoms with E-state index in [-0.39, 0.29) is 6.54 Å². The summed E-state index contributed by atoms with van der Waals surface area (Å²) in [6.45, 7) is -0.203. The Morgan fingerprint density at radius 2 is 1.80 bits per heavy atom. The van der Waals surface area contributed by atoms with Crippen molar-refractivity contribution in [3.05, 3.63) is 0 Å². The molecule has 0 aromatic carbocycles. The standard InChI is InChI=1S/C7H10N4O2S2/c1-14-6-9-5(8-3-4(12)13)10-7(11-6)15-2/h3H2,1-2H3,(H,12,13)(H,8,9,10,11). The average molecular weight is 246 g/mol. The third kappa shape index (κ3) is 3.92. The van der Waals surface area contributed by atoms with Crippen molar-refractivity contribution < 1.29 is 9.90 Å². The number of carboxylic acid groups (broad SMARTS) is 1. The van der Waals surface area contributed by atoms with Crippen molar-refractivity contribution in [1.82, 2.24) is 15.0 Å². The molecule has 0 fully saturated rings. The normalized spacial score (nSPS) is 10.0. The smallest absolute Gasteiger partial charge is 0.322 e. The van der Waals surface area contributed by atoms with Crippen molar-refractivity contribution in [3.63, 3.8) is 0 Å². The monoisotopic (exact) mass is 246 g/mol. The summed E-state index contributed by atoms with van der Waals surface area (Å²) in [7, 11) is 0. The van der Waals surface area contributed by atoms with Crippen LogP contribution in [0, 0.1) is 0 Å². The van der Waals surface area contributed by atoms with Gasteiger partial charge >= 0.3 is 5.97 Å². The van der Waals surface area contributed by atoms with Crippen LogP contribution >= 0.6 is 23.5 Å². The van der Waals surface area contributed by atoms with Gasteiger partial charge in [0.25, 0.3) is 0 Å². The van der Waals surface area contributed by atoms with Gasteiger partial charge < -0.3 is 10.4 Å². The van der Waals surface area contributed by atoms with Gasteiger partial charge in [-0.1, -0.05) is 23.5 Å². The minimum atomic E-state index is -0.952. The summed E-state index contributed by atoms with van der Waals surface area (Å²) in [4.78, 5) is 22.5. The van der Waals surface area contributed by atoms with Crippen LogP contribution in [0.15, 0.2) is 10.3 Å². The molecule has 6 nitrogen and oxygen atoms in total. The quantitative estimate of drug-likeness (QED) is 0.738. The fraction of sp³-hybridized carbons (Fsp3) is 0.429. The number of hydrogen-bond acceptors (Lipinski definition) is 7. The van der Waals surface area contributed by atoms with E-state index in [2.05, 4.69) is 20.3 Å². The van der Waals surface area contributed by atoms with E-state index in [1.54, 1.807) is 0 Å². The van der Waals surface area contributed by atoms with E-state index in [4.69, 9.17) is 5.11 Å². The predicted octanol–water partition coefficient (Wildman–Crippen LogP) is 0.812. The van der Waals surface area contributed by atoms with Gasteiger partial charge in [-0.25, -0.2) is 0 Å². The first-order chi connectivity index (χ1) is 7.15. The lowest BCUT2D eigenvalue weighted by molar-refractivity contribution is -0.134. The fourth-order valence-corrected chi connectivity index (χ4v) is 1.52. The van der Waals surface area contributed by atoms with Gasteiger partial charge in [-0.3, -0.25) is 4.79 Å². The van der Waals surface area contributed by atoms with Crippen molar-refractivity contribution >= 4 is 35.4 Å². The van der Waals surface area contributed by atoms with Crippen molar-refractivity contribution in [2.24, 2.45) is 0 Å². The van der Waals surface area contributed by atoms with Gasteiger partial charge in [0.15, 0.2) is 10.3 Å². The number of nitrogens with zero attached hydrogens (tertiary/aromatic N) is 3.